The number of halogens is 1. The summed E-state index contributed by atoms with van der Waals surface area (Å²) in [7, 11) is 1.29. The monoisotopic (exact) mass is 350 g/mol. The zero-order valence-electron chi connectivity index (χ0n) is 13.9. The van der Waals surface area contributed by atoms with Gasteiger partial charge < -0.3 is 10.1 Å². The number of aryl methyl sites for hydroxylation is 1. The van der Waals surface area contributed by atoms with Gasteiger partial charge in [-0.05, 0) is 37.1 Å². The van der Waals surface area contributed by atoms with Crippen molar-refractivity contribution >= 4 is 23.2 Å². The Morgan fingerprint density at radius 2 is 1.88 bits per heavy atom. The predicted octanol–water partition coefficient (Wildman–Crippen LogP) is 3.19. The van der Waals surface area contributed by atoms with E-state index in [0.717, 1.165) is 5.56 Å². The van der Waals surface area contributed by atoms with E-state index in [1.54, 1.807) is 19.1 Å². The van der Waals surface area contributed by atoms with Crippen LogP contribution in [-0.2, 0) is 9.53 Å². The van der Waals surface area contributed by atoms with E-state index in [1.807, 2.05) is 13.8 Å². The molecule has 0 saturated carbocycles. The average Bonchev–Trinajstić information content (AvgIpc) is 2.94. The van der Waals surface area contributed by atoms with Crippen LogP contribution in [0.4, 0.5) is 4.39 Å². The number of methoxy groups -OCH3 is 1. The third kappa shape index (κ3) is 3.97. The summed E-state index contributed by atoms with van der Waals surface area (Å²) >= 11 is 1.20. The molecule has 0 aliphatic carbocycles. The molecule has 1 amide bonds. The molecule has 24 heavy (non-hydrogen) atoms. The van der Waals surface area contributed by atoms with Gasteiger partial charge in [0.1, 0.15) is 21.7 Å². The molecular weight excluding hydrogens is 331 g/mol. The van der Waals surface area contributed by atoms with Crippen LogP contribution in [0.5, 0.6) is 0 Å². The van der Waals surface area contributed by atoms with Crippen molar-refractivity contribution in [2.45, 2.75) is 26.8 Å². The SMILES string of the molecule is COC(=O)C(NC(=O)c1sc(-c2ccc(F)cc2)nc1C)C(C)C. The van der Waals surface area contributed by atoms with E-state index >= 15 is 0 Å². The smallest absolute Gasteiger partial charge is 0.328 e. The fourth-order valence-electron chi connectivity index (χ4n) is 2.15. The van der Waals surface area contributed by atoms with Crippen molar-refractivity contribution in [1.82, 2.24) is 10.3 Å². The number of aromatic nitrogens is 1. The summed E-state index contributed by atoms with van der Waals surface area (Å²) in [4.78, 5) is 29.1. The molecule has 0 bridgehead atoms. The first-order valence-electron chi connectivity index (χ1n) is 7.45. The van der Waals surface area contributed by atoms with Crippen LogP contribution < -0.4 is 5.32 Å². The first-order chi connectivity index (χ1) is 11.3. The van der Waals surface area contributed by atoms with Crippen LogP contribution in [0.1, 0.15) is 29.2 Å². The fraction of sp³-hybridized carbons (Fsp3) is 0.353. The highest BCUT2D eigenvalue weighted by molar-refractivity contribution is 7.17. The van der Waals surface area contributed by atoms with Gasteiger partial charge in [-0.3, -0.25) is 4.79 Å². The third-order valence-corrected chi connectivity index (χ3v) is 4.71. The summed E-state index contributed by atoms with van der Waals surface area (Å²) < 4.78 is 17.7. The minimum absolute atomic E-state index is 0.105. The Labute approximate surface area is 143 Å². The van der Waals surface area contributed by atoms with Gasteiger partial charge in [-0.25, -0.2) is 14.2 Å². The van der Waals surface area contributed by atoms with Crippen LogP contribution in [0.3, 0.4) is 0 Å². The normalized spacial score (nSPS) is 12.1. The second-order valence-electron chi connectivity index (χ2n) is 5.66. The summed E-state index contributed by atoms with van der Waals surface area (Å²) in [6.07, 6.45) is 0. The molecule has 1 N–H and O–H groups in total. The van der Waals surface area contributed by atoms with Crippen molar-refractivity contribution in [2.24, 2.45) is 5.92 Å². The van der Waals surface area contributed by atoms with Crippen molar-refractivity contribution in [1.29, 1.82) is 0 Å². The van der Waals surface area contributed by atoms with Gasteiger partial charge in [0.2, 0.25) is 0 Å². The lowest BCUT2D eigenvalue weighted by atomic mass is 10.0. The van der Waals surface area contributed by atoms with Gasteiger partial charge in [0.15, 0.2) is 0 Å². The number of nitrogens with zero attached hydrogens (tertiary/aromatic N) is 1. The zero-order valence-corrected chi connectivity index (χ0v) is 14.7. The van der Waals surface area contributed by atoms with Crippen molar-refractivity contribution in [2.75, 3.05) is 7.11 Å². The molecule has 2 aromatic rings. The Morgan fingerprint density at radius 1 is 1.25 bits per heavy atom. The number of carbonyl (C=O) groups is 2. The third-order valence-electron chi connectivity index (χ3n) is 3.50. The minimum Gasteiger partial charge on any atom is -0.467 e. The fourth-order valence-corrected chi connectivity index (χ4v) is 3.13. The van der Waals surface area contributed by atoms with E-state index in [4.69, 9.17) is 4.74 Å². The maximum atomic E-state index is 13.0. The van der Waals surface area contributed by atoms with Crippen molar-refractivity contribution < 1.29 is 18.7 Å². The van der Waals surface area contributed by atoms with Crippen molar-refractivity contribution in [3.8, 4) is 10.6 Å². The van der Waals surface area contributed by atoms with E-state index in [-0.39, 0.29) is 17.6 Å². The molecule has 128 valence electrons. The number of nitrogens with one attached hydrogen (secondary N) is 1. The highest BCUT2D eigenvalue weighted by Crippen LogP contribution is 2.28. The standard InChI is InChI=1S/C17H19FN2O3S/c1-9(2)13(17(22)23-4)20-15(21)14-10(3)19-16(24-14)11-5-7-12(18)8-6-11/h5-9,13H,1-4H3,(H,20,21). The molecule has 0 aliphatic heterocycles. The van der Waals surface area contributed by atoms with E-state index < -0.39 is 12.0 Å². The van der Waals surface area contributed by atoms with Crippen LogP contribution >= 0.6 is 11.3 Å². The highest BCUT2D eigenvalue weighted by Gasteiger charge is 2.27. The van der Waals surface area contributed by atoms with Gasteiger partial charge in [0.05, 0.1) is 12.8 Å². The van der Waals surface area contributed by atoms with Crippen molar-refractivity contribution in [3.63, 3.8) is 0 Å². The summed E-state index contributed by atoms with van der Waals surface area (Å²) in [6, 6.07) is 5.19. The van der Waals surface area contributed by atoms with E-state index in [2.05, 4.69) is 10.3 Å². The molecule has 1 aromatic carbocycles. The summed E-state index contributed by atoms with van der Waals surface area (Å²) in [5.74, 6) is -1.30. The number of ether oxygens (including phenoxy) is 1. The number of carbonyl (C=O) groups excluding carboxylic acids is 2. The van der Waals surface area contributed by atoms with Gasteiger partial charge in [0.25, 0.3) is 5.91 Å². The molecule has 0 fully saturated rings. The first kappa shape index (κ1) is 18.1. The van der Waals surface area contributed by atoms with Gasteiger partial charge in [-0.2, -0.15) is 0 Å². The molecule has 1 unspecified atom stereocenters. The summed E-state index contributed by atoms with van der Waals surface area (Å²) in [6.45, 7) is 5.37. The maximum Gasteiger partial charge on any atom is 0.328 e. The second-order valence-corrected chi connectivity index (χ2v) is 6.66. The van der Waals surface area contributed by atoms with E-state index in [1.165, 1.54) is 30.6 Å². The summed E-state index contributed by atoms with van der Waals surface area (Å²) in [5.41, 5.74) is 1.29. The Balaban J connectivity index is 2.24. The molecule has 0 saturated heterocycles. The topological polar surface area (TPSA) is 68.3 Å². The molecule has 1 aromatic heterocycles. The van der Waals surface area contributed by atoms with Crippen LogP contribution in [-0.4, -0.2) is 30.0 Å². The highest BCUT2D eigenvalue weighted by atomic mass is 32.1. The predicted molar refractivity (Wildman–Crippen MR) is 90.4 cm³/mol. The van der Waals surface area contributed by atoms with Crippen molar-refractivity contribution in [3.05, 3.63) is 40.7 Å². The molecule has 2 rings (SSSR count). The average molecular weight is 350 g/mol. The molecule has 0 aliphatic rings. The van der Waals surface area contributed by atoms with Crippen LogP contribution in [0.25, 0.3) is 10.6 Å². The number of rotatable bonds is 5. The summed E-state index contributed by atoms with van der Waals surface area (Å²) in [5, 5.41) is 3.32. The number of hydrogen-bond donors (Lipinski definition) is 1. The van der Waals surface area contributed by atoms with E-state index in [0.29, 0.717) is 15.6 Å². The largest absolute Gasteiger partial charge is 0.467 e. The Bertz CT molecular complexity index is 741. The molecule has 5 nitrogen and oxygen atoms in total. The van der Waals surface area contributed by atoms with Crippen LogP contribution in [0, 0.1) is 18.7 Å². The van der Waals surface area contributed by atoms with Crippen LogP contribution in [0.15, 0.2) is 24.3 Å². The lowest BCUT2D eigenvalue weighted by Crippen LogP contribution is -2.44. The number of esters is 1. The maximum absolute atomic E-state index is 13.0. The number of hydrogen-bond acceptors (Lipinski definition) is 5. The molecule has 7 heteroatoms. The quantitative estimate of drug-likeness (QED) is 0.841. The Morgan fingerprint density at radius 3 is 2.42 bits per heavy atom. The zero-order chi connectivity index (χ0) is 17.9. The van der Waals surface area contributed by atoms with Gasteiger partial charge >= 0.3 is 5.97 Å². The lowest BCUT2D eigenvalue weighted by molar-refractivity contribution is -0.144. The molecule has 1 heterocycles. The van der Waals surface area contributed by atoms with Gasteiger partial charge in [0, 0.05) is 5.56 Å². The first-order valence-corrected chi connectivity index (χ1v) is 8.27. The second kappa shape index (κ2) is 7.53. The Hall–Kier alpha value is -2.28. The van der Waals surface area contributed by atoms with Crippen LogP contribution in [0.2, 0.25) is 0 Å². The molecule has 0 spiro atoms. The number of thiazole rings is 1. The molecule has 0 radical (unpaired) electrons. The lowest BCUT2D eigenvalue weighted by Gasteiger charge is -2.19. The molecular formula is C17H19FN2O3S. The Kier molecular flexibility index (Phi) is 5.66. The van der Waals surface area contributed by atoms with Gasteiger partial charge in [-0.1, -0.05) is 13.8 Å². The van der Waals surface area contributed by atoms with Gasteiger partial charge in [-0.15, -0.1) is 11.3 Å². The van der Waals surface area contributed by atoms with E-state index in [9.17, 15) is 14.0 Å². The molecule has 1 atom stereocenters. The number of amides is 1. The number of benzene rings is 1. The minimum atomic E-state index is -0.724.